The van der Waals surface area contributed by atoms with Crippen molar-refractivity contribution in [2.75, 3.05) is 0 Å². The van der Waals surface area contributed by atoms with Crippen LogP contribution >= 0.6 is 24.8 Å². The molecule has 2 aromatic rings. The fourth-order valence-corrected chi connectivity index (χ4v) is 17.6. The van der Waals surface area contributed by atoms with Gasteiger partial charge in [-0.25, -0.2) is 0 Å². The Hall–Kier alpha value is -0.760. The predicted octanol–water partition coefficient (Wildman–Crippen LogP) is 6.91. The normalized spacial score (nSPS) is 17.3. The molecule has 0 saturated carbocycles. The molecular formula is C23H26Cl2Hf. The van der Waals surface area contributed by atoms with Gasteiger partial charge < -0.3 is 0 Å². The van der Waals surface area contributed by atoms with Crippen LogP contribution in [0.15, 0.2) is 69.6 Å². The van der Waals surface area contributed by atoms with Crippen LogP contribution in [0.2, 0.25) is 0 Å². The van der Waals surface area contributed by atoms with Gasteiger partial charge in [-0.15, -0.1) is 24.8 Å². The van der Waals surface area contributed by atoms with Crippen LogP contribution < -0.4 is 0 Å². The Balaban J connectivity index is 0.00000121. The summed E-state index contributed by atoms with van der Waals surface area (Å²) in [6.45, 7) is 9.52. The van der Waals surface area contributed by atoms with Gasteiger partial charge in [0, 0.05) is 0 Å². The fourth-order valence-electron chi connectivity index (χ4n) is 4.47. The van der Waals surface area contributed by atoms with Crippen molar-refractivity contribution in [1.29, 1.82) is 0 Å². The minimum absolute atomic E-state index is 0. The first kappa shape index (κ1) is 21.5. The average molecular weight is 552 g/mol. The van der Waals surface area contributed by atoms with E-state index >= 15 is 0 Å². The standard InChI is InChI=1S/C13H9.C7H9.C3H6.2ClH.Hf/c1-3-7-12-10(5-1)9-11-6-2-4-8-13(11)12;1-6-3-4-7(2)5-6;1-3-2;;;/h1-9H;3-4,6H,1-2H3;1-2H3;2*1H;. The third-order valence-corrected chi connectivity index (χ3v) is 18.8. The van der Waals surface area contributed by atoms with Crippen molar-refractivity contribution in [3.63, 3.8) is 0 Å². The van der Waals surface area contributed by atoms with Gasteiger partial charge in [-0.2, -0.15) is 0 Å². The summed E-state index contributed by atoms with van der Waals surface area (Å²) in [6, 6.07) is 18.2. The van der Waals surface area contributed by atoms with Crippen LogP contribution in [0.3, 0.4) is 0 Å². The van der Waals surface area contributed by atoms with Crippen molar-refractivity contribution in [2.24, 2.45) is 5.92 Å². The molecule has 0 heterocycles. The van der Waals surface area contributed by atoms with Gasteiger partial charge in [0.2, 0.25) is 0 Å². The van der Waals surface area contributed by atoms with Crippen molar-refractivity contribution in [3.8, 4) is 11.1 Å². The van der Waals surface area contributed by atoms with Gasteiger partial charge >= 0.3 is 153 Å². The number of benzene rings is 2. The van der Waals surface area contributed by atoms with Crippen LogP contribution in [0.4, 0.5) is 0 Å². The fraction of sp³-hybridized carbons (Fsp3) is 0.261. The van der Waals surface area contributed by atoms with E-state index in [2.05, 4.69) is 88.4 Å². The van der Waals surface area contributed by atoms with Gasteiger partial charge in [0.15, 0.2) is 0 Å². The SMILES string of the molecule is CC1=[C]([Hf](=[C](C)C)[CH]2c3ccccc3-c3ccccc32)C(C)C=C1.Cl.Cl. The van der Waals surface area contributed by atoms with E-state index in [0.717, 1.165) is 0 Å². The number of hydrogen-bond donors (Lipinski definition) is 0. The van der Waals surface area contributed by atoms with Gasteiger partial charge in [-0.1, -0.05) is 0 Å². The summed E-state index contributed by atoms with van der Waals surface area (Å²) in [5.74, 6) is 0.627. The molecule has 4 rings (SSSR count). The summed E-state index contributed by atoms with van der Waals surface area (Å²) < 4.78 is 4.19. The number of allylic oxidation sites excluding steroid dienone is 4. The van der Waals surface area contributed by atoms with Crippen LogP contribution in [0.5, 0.6) is 0 Å². The average Bonchev–Trinajstić information content (AvgIpc) is 3.08. The van der Waals surface area contributed by atoms with Gasteiger partial charge in [-0.05, 0) is 0 Å². The van der Waals surface area contributed by atoms with E-state index in [9.17, 15) is 0 Å². The molecule has 0 radical (unpaired) electrons. The number of halogens is 2. The Morgan fingerprint density at radius 1 is 0.846 bits per heavy atom. The summed E-state index contributed by atoms with van der Waals surface area (Å²) in [6.07, 6.45) is 4.77. The molecule has 0 aliphatic heterocycles. The first-order valence-electron chi connectivity index (χ1n) is 8.84. The number of hydrogen-bond acceptors (Lipinski definition) is 0. The van der Waals surface area contributed by atoms with E-state index in [1.807, 2.05) is 3.33 Å². The molecule has 1 unspecified atom stereocenters. The third-order valence-electron chi connectivity index (χ3n) is 5.47. The molecule has 2 aliphatic rings. The summed E-state index contributed by atoms with van der Waals surface area (Å²) in [4.78, 5) is 0. The molecule has 2 aromatic carbocycles. The van der Waals surface area contributed by atoms with Gasteiger partial charge in [0.25, 0.3) is 0 Å². The molecule has 26 heavy (non-hydrogen) atoms. The molecule has 3 heteroatoms. The maximum atomic E-state index is 2.41. The van der Waals surface area contributed by atoms with Crippen LogP contribution in [-0.2, 0) is 21.0 Å². The minimum Gasteiger partial charge on any atom is -0.147 e. The zero-order valence-electron chi connectivity index (χ0n) is 15.7. The molecule has 0 N–H and O–H groups in total. The van der Waals surface area contributed by atoms with E-state index in [1.165, 1.54) is 11.1 Å². The molecule has 0 aromatic heterocycles. The van der Waals surface area contributed by atoms with Crippen molar-refractivity contribution in [1.82, 2.24) is 0 Å². The Morgan fingerprint density at radius 2 is 1.35 bits per heavy atom. The van der Waals surface area contributed by atoms with Crippen molar-refractivity contribution in [2.45, 2.75) is 31.4 Å². The number of rotatable bonds is 2. The Labute approximate surface area is 177 Å². The van der Waals surface area contributed by atoms with Crippen LogP contribution in [-0.4, -0.2) is 3.26 Å². The second kappa shape index (κ2) is 8.50. The van der Waals surface area contributed by atoms with E-state index in [1.54, 1.807) is 20.0 Å². The molecular weight excluding hydrogens is 526 g/mol. The zero-order chi connectivity index (χ0) is 16.8. The Morgan fingerprint density at radius 3 is 1.77 bits per heavy atom. The maximum absolute atomic E-state index is 2.41. The molecule has 0 nitrogen and oxygen atoms in total. The molecule has 0 spiro atoms. The van der Waals surface area contributed by atoms with Crippen LogP contribution in [0.25, 0.3) is 11.1 Å². The van der Waals surface area contributed by atoms with E-state index in [0.29, 0.717) is 9.59 Å². The molecule has 0 fully saturated rings. The third kappa shape index (κ3) is 3.39. The zero-order valence-corrected chi connectivity index (χ0v) is 21.0. The summed E-state index contributed by atoms with van der Waals surface area (Å²) in [7, 11) is 0. The van der Waals surface area contributed by atoms with E-state index in [4.69, 9.17) is 0 Å². The largest absolute Gasteiger partial charge is 0.147 e. The van der Waals surface area contributed by atoms with E-state index < -0.39 is 21.0 Å². The summed E-state index contributed by atoms with van der Waals surface area (Å²) >= 11 is -2.20. The first-order chi connectivity index (χ1) is 11.6. The van der Waals surface area contributed by atoms with Crippen LogP contribution in [0, 0.1) is 5.92 Å². The minimum atomic E-state index is -2.20. The first-order valence-corrected chi connectivity index (χ1v) is 14.5. The van der Waals surface area contributed by atoms with Crippen molar-refractivity contribution >= 4 is 28.1 Å². The molecule has 0 bridgehead atoms. The second-order valence-electron chi connectivity index (χ2n) is 7.27. The van der Waals surface area contributed by atoms with Gasteiger partial charge in [-0.3, -0.25) is 0 Å². The molecule has 0 saturated heterocycles. The summed E-state index contributed by atoms with van der Waals surface area (Å²) in [5, 5.41) is 0. The van der Waals surface area contributed by atoms with Crippen LogP contribution in [0.1, 0.15) is 42.5 Å². The summed E-state index contributed by atoms with van der Waals surface area (Å²) in [5.41, 5.74) is 7.66. The quantitative estimate of drug-likeness (QED) is 0.356. The smallest absolute Gasteiger partial charge is 0.147 e. The van der Waals surface area contributed by atoms with Gasteiger partial charge in [0.1, 0.15) is 0 Å². The molecule has 1 atom stereocenters. The van der Waals surface area contributed by atoms with Crippen molar-refractivity contribution < 1.29 is 21.0 Å². The van der Waals surface area contributed by atoms with Crippen molar-refractivity contribution in [3.05, 3.63) is 80.7 Å². The molecule has 0 amide bonds. The monoisotopic (exact) mass is 552 g/mol. The predicted molar refractivity (Wildman–Crippen MR) is 116 cm³/mol. The maximum Gasteiger partial charge on any atom is -0.147 e. The molecule has 136 valence electrons. The Kier molecular flexibility index (Phi) is 7.04. The number of fused-ring (bicyclic) bond motifs is 3. The second-order valence-corrected chi connectivity index (χ2v) is 17.8. The van der Waals surface area contributed by atoms with E-state index in [-0.39, 0.29) is 24.8 Å². The molecule has 2 aliphatic carbocycles. The van der Waals surface area contributed by atoms with Gasteiger partial charge in [0.05, 0.1) is 0 Å². The topological polar surface area (TPSA) is 0 Å². The Bertz CT molecular complexity index is 872.